The number of hydrogen-bond acceptors (Lipinski definition) is 3. The highest BCUT2D eigenvalue weighted by Gasteiger charge is 2.41. The second-order valence-corrected chi connectivity index (χ2v) is 8.05. The van der Waals surface area contributed by atoms with Crippen molar-refractivity contribution in [1.82, 2.24) is 0 Å². The summed E-state index contributed by atoms with van der Waals surface area (Å²) >= 11 is 1.59. The first-order valence-corrected chi connectivity index (χ1v) is 10.2. The van der Waals surface area contributed by atoms with E-state index >= 15 is 0 Å². The summed E-state index contributed by atoms with van der Waals surface area (Å²) < 4.78 is -0.551. The number of carboxylic acid groups (broad SMARTS) is 1. The molecule has 3 aromatic carbocycles. The van der Waals surface area contributed by atoms with E-state index in [2.05, 4.69) is 48.6 Å². The zero-order valence-corrected chi connectivity index (χ0v) is 16.1. The molecule has 140 valence electrons. The lowest BCUT2D eigenvalue weighted by Crippen LogP contribution is -2.36. The lowest BCUT2D eigenvalue weighted by molar-refractivity contribution is -0.137. The molecule has 1 atom stereocenters. The predicted octanol–water partition coefficient (Wildman–Crippen LogP) is 4.61. The first kappa shape index (κ1) is 18.5. The summed E-state index contributed by atoms with van der Waals surface area (Å²) in [5, 5.41) is 9.36. The number of thioether (sulfide) groups is 1. The Morgan fingerprint density at radius 3 is 1.89 bits per heavy atom. The number of carboxylic acids is 1. The average molecular weight is 388 g/mol. The van der Waals surface area contributed by atoms with Gasteiger partial charge in [0.25, 0.3) is 0 Å². The average Bonchev–Trinajstić information content (AvgIpc) is 2.88. The Labute approximate surface area is 168 Å². The van der Waals surface area contributed by atoms with Gasteiger partial charge in [-0.15, -0.1) is 11.8 Å². The highest BCUT2D eigenvalue weighted by molar-refractivity contribution is 8.00. The number of benzene rings is 3. The Morgan fingerprint density at radius 2 is 1.36 bits per heavy atom. The molecule has 0 heterocycles. The number of nitrogens with two attached hydrogens (primary N) is 1. The first-order valence-electron chi connectivity index (χ1n) is 9.18. The standard InChI is InChI=1S/C24H21NO2S/c25-22(23(26)27)16-28-24(19-10-2-1-3-11-19)20-12-6-4-8-17(20)14-15-18-9-5-7-13-21(18)24/h1-15,22H,16,25H2,(H,26,27). The number of fused-ring (bicyclic) bond motifs is 2. The van der Waals surface area contributed by atoms with E-state index < -0.39 is 16.8 Å². The van der Waals surface area contributed by atoms with Crippen molar-refractivity contribution in [3.8, 4) is 0 Å². The molecular formula is C24H21NO2S. The fraction of sp³-hybridized carbons (Fsp3) is 0.125. The SMILES string of the molecule is NC(CSC1(c2ccccc2)c2ccccc2C=Cc2ccccc21)C(=O)O. The lowest BCUT2D eigenvalue weighted by Gasteiger charge is -2.37. The minimum absolute atomic E-state index is 0.299. The molecule has 3 N–H and O–H groups in total. The van der Waals surface area contributed by atoms with Crippen molar-refractivity contribution in [2.24, 2.45) is 5.73 Å². The van der Waals surface area contributed by atoms with Crippen LogP contribution in [0.25, 0.3) is 12.2 Å². The van der Waals surface area contributed by atoms with Crippen LogP contribution in [0.4, 0.5) is 0 Å². The molecule has 3 aromatic rings. The highest BCUT2D eigenvalue weighted by Crippen LogP contribution is 2.52. The van der Waals surface area contributed by atoms with Crippen molar-refractivity contribution in [1.29, 1.82) is 0 Å². The Bertz CT molecular complexity index is 980. The van der Waals surface area contributed by atoms with Gasteiger partial charge in [0, 0.05) is 5.75 Å². The van der Waals surface area contributed by atoms with Crippen LogP contribution in [0.2, 0.25) is 0 Å². The van der Waals surface area contributed by atoms with Gasteiger partial charge in [0.15, 0.2) is 0 Å². The minimum Gasteiger partial charge on any atom is -0.480 e. The molecule has 0 aromatic heterocycles. The third-order valence-corrected chi connectivity index (χ3v) is 6.73. The second kappa shape index (κ2) is 7.66. The molecule has 28 heavy (non-hydrogen) atoms. The van der Waals surface area contributed by atoms with E-state index in [1.54, 1.807) is 11.8 Å². The van der Waals surface area contributed by atoms with Crippen molar-refractivity contribution in [2.75, 3.05) is 5.75 Å². The van der Waals surface area contributed by atoms with Gasteiger partial charge in [0.05, 0.1) is 4.75 Å². The zero-order valence-electron chi connectivity index (χ0n) is 15.3. The highest BCUT2D eigenvalue weighted by atomic mass is 32.2. The topological polar surface area (TPSA) is 63.3 Å². The van der Waals surface area contributed by atoms with E-state index in [1.165, 1.54) is 0 Å². The summed E-state index contributed by atoms with van der Waals surface area (Å²) in [6.07, 6.45) is 4.27. The van der Waals surface area contributed by atoms with Crippen LogP contribution in [0, 0.1) is 0 Å². The summed E-state index contributed by atoms with van der Waals surface area (Å²) in [4.78, 5) is 11.4. The van der Waals surface area contributed by atoms with E-state index in [0.29, 0.717) is 5.75 Å². The number of rotatable bonds is 5. The molecule has 0 aliphatic heterocycles. The Balaban J connectivity index is 2.01. The Hall–Kier alpha value is -2.82. The monoisotopic (exact) mass is 387 g/mol. The van der Waals surface area contributed by atoms with Crippen LogP contribution in [-0.4, -0.2) is 22.9 Å². The first-order chi connectivity index (χ1) is 13.6. The third kappa shape index (κ3) is 3.15. The predicted molar refractivity (Wildman–Crippen MR) is 116 cm³/mol. The van der Waals surface area contributed by atoms with Gasteiger partial charge in [-0.05, 0) is 27.8 Å². The maximum absolute atomic E-state index is 11.4. The van der Waals surface area contributed by atoms with Crippen LogP contribution in [0.5, 0.6) is 0 Å². The van der Waals surface area contributed by atoms with E-state index in [1.807, 2.05) is 42.5 Å². The largest absolute Gasteiger partial charge is 0.480 e. The maximum Gasteiger partial charge on any atom is 0.321 e. The van der Waals surface area contributed by atoms with Crippen LogP contribution in [0.1, 0.15) is 27.8 Å². The summed E-state index contributed by atoms with van der Waals surface area (Å²) in [7, 11) is 0. The van der Waals surface area contributed by atoms with Gasteiger partial charge in [-0.3, -0.25) is 4.79 Å². The summed E-state index contributed by atoms with van der Waals surface area (Å²) in [6, 6.07) is 25.9. The molecule has 4 heteroatoms. The second-order valence-electron chi connectivity index (χ2n) is 6.81. The number of carbonyl (C=O) groups is 1. The molecule has 0 radical (unpaired) electrons. The van der Waals surface area contributed by atoms with Crippen molar-refractivity contribution < 1.29 is 9.90 Å². The quantitative estimate of drug-likeness (QED) is 0.671. The third-order valence-electron chi connectivity index (χ3n) is 5.10. The molecule has 3 nitrogen and oxygen atoms in total. The van der Waals surface area contributed by atoms with Gasteiger partial charge >= 0.3 is 5.97 Å². The molecule has 0 bridgehead atoms. The van der Waals surface area contributed by atoms with E-state index in [4.69, 9.17) is 5.73 Å². The summed E-state index contributed by atoms with van der Waals surface area (Å²) in [5.74, 6) is -0.684. The fourth-order valence-corrected chi connectivity index (χ4v) is 5.32. The van der Waals surface area contributed by atoms with Crippen molar-refractivity contribution >= 4 is 29.9 Å². The van der Waals surface area contributed by atoms with Crippen LogP contribution >= 0.6 is 11.8 Å². The molecule has 0 saturated heterocycles. The van der Waals surface area contributed by atoms with Crippen LogP contribution in [-0.2, 0) is 9.54 Å². The van der Waals surface area contributed by atoms with Gasteiger partial charge < -0.3 is 10.8 Å². The molecule has 0 spiro atoms. The molecule has 4 rings (SSSR count). The van der Waals surface area contributed by atoms with Gasteiger partial charge in [0.1, 0.15) is 6.04 Å². The minimum atomic E-state index is -0.982. The van der Waals surface area contributed by atoms with Crippen molar-refractivity contribution in [3.05, 3.63) is 107 Å². The van der Waals surface area contributed by atoms with Crippen LogP contribution < -0.4 is 5.73 Å². The molecule has 0 saturated carbocycles. The van der Waals surface area contributed by atoms with Crippen LogP contribution in [0.3, 0.4) is 0 Å². The van der Waals surface area contributed by atoms with E-state index in [0.717, 1.165) is 27.8 Å². The van der Waals surface area contributed by atoms with Gasteiger partial charge in [-0.1, -0.05) is 91.0 Å². The smallest absolute Gasteiger partial charge is 0.321 e. The molecular weight excluding hydrogens is 366 g/mol. The Kier molecular flexibility index (Phi) is 5.07. The normalized spacial score (nSPS) is 15.2. The summed E-state index contributed by atoms with van der Waals surface area (Å²) in [6.45, 7) is 0. The molecule has 0 fully saturated rings. The van der Waals surface area contributed by atoms with Crippen molar-refractivity contribution in [2.45, 2.75) is 10.8 Å². The zero-order chi connectivity index (χ0) is 19.6. The summed E-state index contributed by atoms with van der Waals surface area (Å²) in [5.41, 5.74) is 11.6. The molecule has 1 unspecified atom stereocenters. The van der Waals surface area contributed by atoms with Gasteiger partial charge in [0.2, 0.25) is 0 Å². The fourth-order valence-electron chi connectivity index (χ4n) is 3.76. The van der Waals surface area contributed by atoms with E-state index in [-0.39, 0.29) is 0 Å². The number of aliphatic carboxylic acids is 1. The molecule has 1 aliphatic carbocycles. The van der Waals surface area contributed by atoms with Gasteiger partial charge in [-0.2, -0.15) is 0 Å². The lowest BCUT2D eigenvalue weighted by atomic mass is 9.81. The molecule has 0 amide bonds. The molecule has 1 aliphatic rings. The van der Waals surface area contributed by atoms with Crippen LogP contribution in [0.15, 0.2) is 78.9 Å². The Morgan fingerprint density at radius 1 is 0.857 bits per heavy atom. The van der Waals surface area contributed by atoms with E-state index in [9.17, 15) is 9.90 Å². The van der Waals surface area contributed by atoms with Crippen molar-refractivity contribution in [3.63, 3.8) is 0 Å². The van der Waals surface area contributed by atoms with Gasteiger partial charge in [-0.25, -0.2) is 0 Å². The number of hydrogen-bond donors (Lipinski definition) is 2. The maximum atomic E-state index is 11.4.